The predicted octanol–water partition coefficient (Wildman–Crippen LogP) is 18.0. The lowest BCUT2D eigenvalue weighted by molar-refractivity contribution is -0.870. The lowest BCUT2D eigenvalue weighted by Crippen LogP contribution is -2.47. The minimum atomic E-state index is -4.70. The van der Waals surface area contributed by atoms with E-state index in [9.17, 15) is 19.0 Å². The van der Waals surface area contributed by atoms with Crippen LogP contribution in [-0.2, 0) is 27.9 Å². The monoisotopic (exact) mass is 1040 g/mol. The number of carbonyl (C=O) groups is 2. The van der Waals surface area contributed by atoms with Crippen LogP contribution < -0.4 is 10.2 Å². The number of esters is 1. The fourth-order valence-electron chi connectivity index (χ4n) is 8.64. The summed E-state index contributed by atoms with van der Waals surface area (Å²) in [6, 6.07) is -0.894. The van der Waals surface area contributed by atoms with Gasteiger partial charge in [-0.1, -0.05) is 230 Å². The molecule has 3 atom stereocenters. The lowest BCUT2D eigenvalue weighted by Gasteiger charge is -2.30. The largest absolute Gasteiger partial charge is 0.756 e. The number of hydrogen-bond acceptors (Lipinski definition) is 7. The van der Waals surface area contributed by atoms with Crippen molar-refractivity contribution in [2.45, 2.75) is 290 Å². The van der Waals surface area contributed by atoms with Gasteiger partial charge in [-0.2, -0.15) is 0 Å². The smallest absolute Gasteiger partial charge is 0.306 e. The summed E-state index contributed by atoms with van der Waals surface area (Å²) in [6.45, 7) is 6.79. The Bertz CT molecular complexity index is 1440. The second kappa shape index (κ2) is 53.1. The molecule has 0 bridgehead atoms. The number of carbonyl (C=O) groups excluding carboxylic acids is 2. The summed E-state index contributed by atoms with van der Waals surface area (Å²) in [7, 11) is 1.18. The number of hydrogen-bond donors (Lipinski definition) is 1. The van der Waals surface area contributed by atoms with Crippen LogP contribution in [-0.4, -0.2) is 69.4 Å². The Morgan fingerprint density at radius 3 is 1.26 bits per heavy atom. The number of phosphoric ester groups is 1. The van der Waals surface area contributed by atoms with Crippen LogP contribution in [0.5, 0.6) is 0 Å². The summed E-state index contributed by atoms with van der Waals surface area (Å²) < 4.78 is 30.3. The summed E-state index contributed by atoms with van der Waals surface area (Å²) >= 11 is 0. The molecule has 1 amide bonds. The molecule has 0 aliphatic rings. The number of likely N-dealkylation sites (N-methyl/N-ethyl adjacent to an activating group) is 1. The van der Waals surface area contributed by atoms with Gasteiger partial charge in [0.05, 0.1) is 33.8 Å². The molecule has 0 aromatic rings. The highest BCUT2D eigenvalue weighted by atomic mass is 31.2. The van der Waals surface area contributed by atoms with E-state index in [1.807, 2.05) is 33.3 Å². The van der Waals surface area contributed by atoms with Gasteiger partial charge in [0.1, 0.15) is 19.3 Å². The highest BCUT2D eigenvalue weighted by Crippen LogP contribution is 2.38. The van der Waals surface area contributed by atoms with E-state index in [-0.39, 0.29) is 24.9 Å². The normalized spacial score (nSPS) is 14.1. The van der Waals surface area contributed by atoms with E-state index in [2.05, 4.69) is 74.7 Å². The number of nitrogens with zero attached hydrogens (tertiary/aromatic N) is 1. The Labute approximate surface area is 451 Å². The maximum atomic E-state index is 13.5. The zero-order chi connectivity index (χ0) is 53.6. The van der Waals surface area contributed by atoms with Gasteiger partial charge in [-0.25, -0.2) is 0 Å². The Balaban J connectivity index is 5.25. The Kier molecular flexibility index (Phi) is 51.5. The average molecular weight is 1050 g/mol. The number of ether oxygens (including phenoxy) is 1. The molecule has 3 unspecified atom stereocenters. The SMILES string of the molecule is CCCCC/C=C\C/C=C\CCCCCCCCCCCC(=O)OC(/C=C/CCCCCCCCCCC)C(COP(=O)([O-])OCC[N+](C)(C)C)NC(=O)CCCCCCCCC/C=C\C/C=C\CCCCC. The van der Waals surface area contributed by atoms with Crippen LogP contribution in [0.1, 0.15) is 278 Å². The van der Waals surface area contributed by atoms with Gasteiger partial charge in [-0.05, 0) is 96.0 Å². The number of amides is 1. The number of rotatable bonds is 55. The molecule has 0 spiro atoms. The van der Waals surface area contributed by atoms with Crippen molar-refractivity contribution in [3.8, 4) is 0 Å². The second-order valence-corrected chi connectivity index (χ2v) is 23.3. The molecule has 0 fully saturated rings. The van der Waals surface area contributed by atoms with E-state index in [1.165, 1.54) is 148 Å². The molecule has 0 rings (SSSR count). The quantitative estimate of drug-likeness (QED) is 0.0212. The van der Waals surface area contributed by atoms with Crippen molar-refractivity contribution in [1.82, 2.24) is 5.32 Å². The van der Waals surface area contributed by atoms with Crippen molar-refractivity contribution in [3.63, 3.8) is 0 Å². The first-order valence-electron chi connectivity index (χ1n) is 30.6. The summed E-state index contributed by atoms with van der Waals surface area (Å²) in [4.78, 5) is 39.9. The van der Waals surface area contributed by atoms with Gasteiger partial charge in [0.15, 0.2) is 0 Å². The van der Waals surface area contributed by atoms with Crippen LogP contribution in [0.15, 0.2) is 60.8 Å². The van der Waals surface area contributed by atoms with Gasteiger partial charge >= 0.3 is 5.97 Å². The maximum absolute atomic E-state index is 13.5. The van der Waals surface area contributed by atoms with Crippen LogP contribution in [0.2, 0.25) is 0 Å². The number of phosphoric acid groups is 1. The van der Waals surface area contributed by atoms with Gasteiger partial charge in [-0.3, -0.25) is 14.2 Å². The molecule has 73 heavy (non-hydrogen) atoms. The molecule has 0 aliphatic carbocycles. The van der Waals surface area contributed by atoms with Crippen molar-refractivity contribution in [3.05, 3.63) is 60.8 Å². The Morgan fingerprint density at radius 1 is 0.479 bits per heavy atom. The molecule has 10 heteroatoms. The van der Waals surface area contributed by atoms with Gasteiger partial charge < -0.3 is 28.5 Å². The molecule has 426 valence electrons. The fraction of sp³-hybridized carbons (Fsp3) is 0.810. The van der Waals surface area contributed by atoms with E-state index in [1.54, 1.807) is 0 Å². The zero-order valence-electron chi connectivity index (χ0n) is 48.6. The molecule has 1 N–H and O–H groups in total. The summed E-state index contributed by atoms with van der Waals surface area (Å²) in [5, 5.41) is 3.02. The standard InChI is InChI=1S/C63H117N2O7P/c1-7-10-13-16-19-22-25-27-29-31-32-34-36-38-41-44-47-50-53-56-63(67)72-61(54-51-48-45-42-39-24-21-18-15-12-9-3)60(59-71-73(68,69)70-58-57-65(4,5)6)64-62(66)55-52-49-46-43-40-37-35-33-30-28-26-23-20-17-14-11-8-2/h19-20,22-23,27-30,51,54,60-61H,7-18,21,24-26,31-50,52-53,55-59H2,1-6H3,(H-,64,66,68,69)/b22-19-,23-20-,29-27-,30-28-,54-51+. The first-order valence-corrected chi connectivity index (χ1v) is 32.1. The van der Waals surface area contributed by atoms with Crippen molar-refractivity contribution in [1.29, 1.82) is 0 Å². The first kappa shape index (κ1) is 70.7. The molecular weight excluding hydrogens is 928 g/mol. The van der Waals surface area contributed by atoms with Crippen LogP contribution in [0.4, 0.5) is 0 Å². The van der Waals surface area contributed by atoms with E-state index < -0.39 is 26.6 Å². The molecule has 0 aromatic carbocycles. The molecule has 0 aromatic heterocycles. The third kappa shape index (κ3) is 54.3. The Hall–Kier alpha value is -2.29. The van der Waals surface area contributed by atoms with Crippen molar-refractivity contribution >= 4 is 19.7 Å². The number of allylic oxidation sites excluding steroid dienone is 9. The summed E-state index contributed by atoms with van der Waals surface area (Å²) in [5.74, 6) is -0.551. The third-order valence-electron chi connectivity index (χ3n) is 13.4. The first-order chi connectivity index (χ1) is 35.4. The number of unbranched alkanes of at least 4 members (excludes halogenated alkanes) is 31. The second-order valence-electron chi connectivity index (χ2n) is 21.8. The lowest BCUT2D eigenvalue weighted by atomic mass is 10.0. The predicted molar refractivity (Wildman–Crippen MR) is 312 cm³/mol. The van der Waals surface area contributed by atoms with E-state index in [0.717, 1.165) is 96.3 Å². The molecule has 9 nitrogen and oxygen atoms in total. The summed E-state index contributed by atoms with van der Waals surface area (Å²) in [6.07, 6.45) is 66.1. The van der Waals surface area contributed by atoms with E-state index in [4.69, 9.17) is 13.8 Å². The average Bonchev–Trinajstić information content (AvgIpc) is 3.35. The molecular formula is C63H117N2O7P. The summed E-state index contributed by atoms with van der Waals surface area (Å²) in [5.41, 5.74) is 0. The van der Waals surface area contributed by atoms with Gasteiger partial charge in [0.2, 0.25) is 5.91 Å². The number of nitrogens with one attached hydrogen (secondary N) is 1. The molecule has 0 saturated heterocycles. The zero-order valence-corrected chi connectivity index (χ0v) is 49.5. The minimum Gasteiger partial charge on any atom is -0.756 e. The highest BCUT2D eigenvalue weighted by molar-refractivity contribution is 7.45. The minimum absolute atomic E-state index is 0.0257. The van der Waals surface area contributed by atoms with Gasteiger partial charge in [0, 0.05) is 12.8 Å². The topological polar surface area (TPSA) is 114 Å². The highest BCUT2D eigenvalue weighted by Gasteiger charge is 2.27. The molecule has 0 saturated carbocycles. The van der Waals surface area contributed by atoms with Crippen molar-refractivity contribution in [2.24, 2.45) is 0 Å². The van der Waals surface area contributed by atoms with E-state index in [0.29, 0.717) is 17.4 Å². The van der Waals surface area contributed by atoms with Crippen molar-refractivity contribution in [2.75, 3.05) is 40.9 Å². The van der Waals surface area contributed by atoms with Crippen LogP contribution >= 0.6 is 7.82 Å². The Morgan fingerprint density at radius 2 is 0.836 bits per heavy atom. The van der Waals surface area contributed by atoms with Crippen molar-refractivity contribution < 1.29 is 37.3 Å². The van der Waals surface area contributed by atoms with Gasteiger partial charge in [0.25, 0.3) is 7.82 Å². The van der Waals surface area contributed by atoms with E-state index >= 15 is 0 Å². The molecule has 0 radical (unpaired) electrons. The van der Waals surface area contributed by atoms with Crippen LogP contribution in [0.3, 0.4) is 0 Å². The third-order valence-corrected chi connectivity index (χ3v) is 14.4. The fourth-order valence-corrected chi connectivity index (χ4v) is 9.36. The maximum Gasteiger partial charge on any atom is 0.306 e. The van der Waals surface area contributed by atoms with Crippen LogP contribution in [0.25, 0.3) is 0 Å². The van der Waals surface area contributed by atoms with Crippen LogP contribution in [0, 0.1) is 0 Å². The molecule has 0 aliphatic heterocycles. The van der Waals surface area contributed by atoms with Gasteiger partial charge in [-0.15, -0.1) is 0 Å². The molecule has 0 heterocycles. The number of quaternary nitrogens is 1.